The van der Waals surface area contributed by atoms with Gasteiger partial charge in [-0.3, -0.25) is 4.90 Å². The molecule has 0 radical (unpaired) electrons. The molecule has 0 aliphatic carbocycles. The fourth-order valence-corrected chi connectivity index (χ4v) is 3.60. The van der Waals surface area contributed by atoms with Crippen molar-refractivity contribution in [1.82, 2.24) is 4.90 Å². The highest BCUT2D eigenvalue weighted by atomic mass is 16.5. The van der Waals surface area contributed by atoms with E-state index in [9.17, 15) is 0 Å². The summed E-state index contributed by atoms with van der Waals surface area (Å²) in [5.41, 5.74) is 8.64. The Kier molecular flexibility index (Phi) is 3.99. The maximum Gasteiger partial charge on any atom is 0.123 e. The number of hydrogen-bond donors (Lipinski definition) is 1. The number of hydrogen-bond acceptors (Lipinski definition) is 3. The van der Waals surface area contributed by atoms with Gasteiger partial charge in [0.05, 0.1) is 0 Å². The van der Waals surface area contributed by atoms with Gasteiger partial charge in [-0.1, -0.05) is 24.6 Å². The summed E-state index contributed by atoms with van der Waals surface area (Å²) in [5, 5.41) is 0. The zero-order valence-electron chi connectivity index (χ0n) is 12.6. The Morgan fingerprint density at radius 3 is 3.05 bits per heavy atom. The van der Waals surface area contributed by atoms with Crippen molar-refractivity contribution in [3.8, 4) is 5.75 Å². The van der Waals surface area contributed by atoms with Crippen molar-refractivity contribution in [3.05, 3.63) is 29.3 Å². The van der Waals surface area contributed by atoms with Gasteiger partial charge in [-0.15, -0.1) is 0 Å². The predicted octanol–water partition coefficient (Wildman–Crippen LogP) is 2.36. The third kappa shape index (κ3) is 2.84. The van der Waals surface area contributed by atoms with Crippen LogP contribution >= 0.6 is 0 Å². The van der Waals surface area contributed by atoms with Crippen LogP contribution in [0.3, 0.4) is 0 Å². The molecule has 0 aromatic heterocycles. The topological polar surface area (TPSA) is 38.5 Å². The quantitative estimate of drug-likeness (QED) is 0.919. The molecule has 0 amide bonds. The number of fused-ring (bicyclic) bond motifs is 1. The minimum atomic E-state index is 0.300. The lowest BCUT2D eigenvalue weighted by Gasteiger charge is -2.39. The van der Waals surface area contributed by atoms with E-state index in [1.807, 2.05) is 0 Å². The molecule has 2 aliphatic heterocycles. The van der Waals surface area contributed by atoms with E-state index in [1.165, 1.54) is 24.0 Å². The van der Waals surface area contributed by atoms with Crippen LogP contribution in [-0.2, 0) is 6.42 Å². The average Bonchev–Trinajstić information content (AvgIpc) is 2.82. The number of rotatable bonds is 3. The van der Waals surface area contributed by atoms with Gasteiger partial charge in [0.2, 0.25) is 0 Å². The highest BCUT2D eigenvalue weighted by Crippen LogP contribution is 2.31. The van der Waals surface area contributed by atoms with Crippen LogP contribution in [0.15, 0.2) is 18.2 Å². The first-order valence-corrected chi connectivity index (χ1v) is 7.86. The van der Waals surface area contributed by atoms with Gasteiger partial charge in [-0.05, 0) is 43.9 Å². The van der Waals surface area contributed by atoms with Crippen molar-refractivity contribution < 1.29 is 4.74 Å². The fourth-order valence-electron chi connectivity index (χ4n) is 3.60. The van der Waals surface area contributed by atoms with Crippen LogP contribution in [0.2, 0.25) is 0 Å². The number of nitrogens with two attached hydrogens (primary N) is 1. The zero-order valence-corrected chi connectivity index (χ0v) is 12.6. The molecule has 3 nitrogen and oxygen atoms in total. The summed E-state index contributed by atoms with van der Waals surface area (Å²) in [7, 11) is 0. The summed E-state index contributed by atoms with van der Waals surface area (Å²) in [6.07, 6.45) is 3.86. The van der Waals surface area contributed by atoms with Crippen LogP contribution in [0.25, 0.3) is 0 Å². The van der Waals surface area contributed by atoms with Crippen molar-refractivity contribution >= 4 is 0 Å². The SMILES string of the molecule is Cc1ccc2c(c1)CC(CN1CCC(C)CC1CN)O2. The van der Waals surface area contributed by atoms with Crippen LogP contribution in [0.4, 0.5) is 0 Å². The van der Waals surface area contributed by atoms with Gasteiger partial charge in [-0.2, -0.15) is 0 Å². The van der Waals surface area contributed by atoms with Gasteiger partial charge in [-0.25, -0.2) is 0 Å². The standard InChI is InChI=1S/C17H26N2O/c1-12-3-4-17-14(7-12)9-16(20-17)11-19-6-5-13(2)8-15(19)10-18/h3-4,7,13,15-16H,5-6,8-11,18H2,1-2H3. The number of nitrogens with zero attached hydrogens (tertiary/aromatic N) is 1. The van der Waals surface area contributed by atoms with Gasteiger partial charge < -0.3 is 10.5 Å². The van der Waals surface area contributed by atoms with Gasteiger partial charge in [0.15, 0.2) is 0 Å². The van der Waals surface area contributed by atoms with Crippen LogP contribution in [0.5, 0.6) is 5.75 Å². The Bertz CT molecular complexity index is 474. The zero-order chi connectivity index (χ0) is 14.1. The monoisotopic (exact) mass is 274 g/mol. The maximum absolute atomic E-state index is 6.10. The van der Waals surface area contributed by atoms with Crippen molar-refractivity contribution in [2.24, 2.45) is 11.7 Å². The highest BCUT2D eigenvalue weighted by molar-refractivity contribution is 5.40. The van der Waals surface area contributed by atoms with Crippen LogP contribution in [0, 0.1) is 12.8 Å². The molecule has 0 saturated carbocycles. The van der Waals surface area contributed by atoms with Gasteiger partial charge in [0.25, 0.3) is 0 Å². The molecule has 3 atom stereocenters. The summed E-state index contributed by atoms with van der Waals surface area (Å²) in [6, 6.07) is 7.04. The molecular formula is C17H26N2O. The first kappa shape index (κ1) is 13.9. The fraction of sp³-hybridized carbons (Fsp3) is 0.647. The lowest BCUT2D eigenvalue weighted by Crippen LogP contribution is -2.49. The Morgan fingerprint density at radius 1 is 1.40 bits per heavy atom. The second-order valence-electron chi connectivity index (χ2n) is 6.57. The summed E-state index contributed by atoms with van der Waals surface area (Å²) in [4.78, 5) is 2.55. The minimum absolute atomic E-state index is 0.300. The van der Waals surface area contributed by atoms with Crippen LogP contribution in [-0.4, -0.2) is 36.7 Å². The van der Waals surface area contributed by atoms with E-state index in [4.69, 9.17) is 10.5 Å². The van der Waals surface area contributed by atoms with Gasteiger partial charge in [0.1, 0.15) is 11.9 Å². The number of likely N-dealkylation sites (tertiary alicyclic amines) is 1. The van der Waals surface area contributed by atoms with E-state index >= 15 is 0 Å². The first-order chi connectivity index (χ1) is 9.65. The molecule has 2 N–H and O–H groups in total. The normalized spacial score (nSPS) is 30.1. The third-order valence-electron chi connectivity index (χ3n) is 4.77. The minimum Gasteiger partial charge on any atom is -0.488 e. The smallest absolute Gasteiger partial charge is 0.123 e. The molecule has 2 heterocycles. The van der Waals surface area contributed by atoms with E-state index in [0.29, 0.717) is 12.1 Å². The Hall–Kier alpha value is -1.06. The highest BCUT2D eigenvalue weighted by Gasteiger charge is 2.30. The van der Waals surface area contributed by atoms with E-state index in [2.05, 4.69) is 36.9 Å². The van der Waals surface area contributed by atoms with E-state index in [1.54, 1.807) is 0 Å². The Labute approximate surface area is 122 Å². The van der Waals surface area contributed by atoms with Crippen molar-refractivity contribution in [1.29, 1.82) is 0 Å². The Morgan fingerprint density at radius 2 is 2.25 bits per heavy atom. The number of aryl methyl sites for hydroxylation is 1. The Balaban J connectivity index is 1.62. The van der Waals surface area contributed by atoms with Crippen molar-refractivity contribution in [2.45, 2.75) is 45.3 Å². The van der Waals surface area contributed by atoms with Gasteiger partial charge >= 0.3 is 0 Å². The number of benzene rings is 1. The number of piperidine rings is 1. The van der Waals surface area contributed by atoms with Crippen LogP contribution in [0.1, 0.15) is 30.9 Å². The molecule has 1 fully saturated rings. The molecule has 0 spiro atoms. The largest absolute Gasteiger partial charge is 0.488 e. The molecule has 0 bridgehead atoms. The summed E-state index contributed by atoms with van der Waals surface area (Å²) in [6.45, 7) is 7.43. The first-order valence-electron chi connectivity index (χ1n) is 7.86. The number of ether oxygens (including phenoxy) is 1. The lowest BCUT2D eigenvalue weighted by molar-refractivity contribution is 0.0762. The van der Waals surface area contributed by atoms with Gasteiger partial charge in [0, 0.05) is 25.6 Å². The molecule has 2 aliphatic rings. The molecule has 110 valence electrons. The average molecular weight is 274 g/mol. The molecule has 20 heavy (non-hydrogen) atoms. The van der Waals surface area contributed by atoms with E-state index in [-0.39, 0.29) is 0 Å². The molecule has 1 aromatic rings. The second-order valence-corrected chi connectivity index (χ2v) is 6.57. The van der Waals surface area contributed by atoms with Crippen molar-refractivity contribution in [2.75, 3.05) is 19.6 Å². The molecule has 1 saturated heterocycles. The molecule has 1 aromatic carbocycles. The van der Waals surface area contributed by atoms with Crippen molar-refractivity contribution in [3.63, 3.8) is 0 Å². The van der Waals surface area contributed by atoms with Crippen LogP contribution < -0.4 is 10.5 Å². The maximum atomic E-state index is 6.10. The second kappa shape index (κ2) is 5.74. The summed E-state index contributed by atoms with van der Waals surface area (Å²) in [5.74, 6) is 1.89. The summed E-state index contributed by atoms with van der Waals surface area (Å²) < 4.78 is 6.10. The molecule has 3 unspecified atom stereocenters. The molecular weight excluding hydrogens is 248 g/mol. The molecule has 3 rings (SSSR count). The lowest BCUT2D eigenvalue weighted by atomic mass is 9.92. The third-order valence-corrected chi connectivity index (χ3v) is 4.77. The van der Waals surface area contributed by atoms with E-state index < -0.39 is 0 Å². The van der Waals surface area contributed by atoms with E-state index in [0.717, 1.165) is 37.7 Å². The summed E-state index contributed by atoms with van der Waals surface area (Å²) >= 11 is 0. The predicted molar refractivity (Wildman–Crippen MR) is 82.1 cm³/mol. The molecule has 3 heteroatoms.